The van der Waals surface area contributed by atoms with E-state index in [9.17, 15) is 14.7 Å². The lowest BCUT2D eigenvalue weighted by atomic mass is 9.85. The molecular formula is C19H23N3O3. The van der Waals surface area contributed by atoms with Crippen molar-refractivity contribution < 1.29 is 14.7 Å². The van der Waals surface area contributed by atoms with E-state index in [4.69, 9.17) is 0 Å². The van der Waals surface area contributed by atoms with Gasteiger partial charge in [-0.15, -0.1) is 0 Å². The van der Waals surface area contributed by atoms with Crippen molar-refractivity contribution in [1.29, 1.82) is 0 Å². The summed E-state index contributed by atoms with van der Waals surface area (Å²) in [6, 6.07) is 7.61. The molecular weight excluding hydrogens is 318 g/mol. The first-order valence-electron chi connectivity index (χ1n) is 8.52. The zero-order valence-electron chi connectivity index (χ0n) is 14.6. The Morgan fingerprint density at radius 1 is 1.36 bits per heavy atom. The molecule has 1 amide bonds. The minimum absolute atomic E-state index is 0.0138. The molecule has 2 atom stereocenters. The minimum Gasteiger partial charge on any atom is -0.481 e. The highest BCUT2D eigenvalue weighted by Crippen LogP contribution is 2.36. The van der Waals surface area contributed by atoms with Gasteiger partial charge in [-0.25, -0.2) is 0 Å². The number of carboxylic acid groups (broad SMARTS) is 1. The molecule has 0 radical (unpaired) electrons. The number of carboxylic acids is 1. The summed E-state index contributed by atoms with van der Waals surface area (Å²) in [4.78, 5) is 26.1. The lowest BCUT2D eigenvalue weighted by molar-refractivity contribution is -0.152. The second-order valence-corrected chi connectivity index (χ2v) is 6.64. The molecule has 1 N–H and O–H groups in total. The molecule has 1 saturated heterocycles. The summed E-state index contributed by atoms with van der Waals surface area (Å²) < 4.78 is 1.65. The van der Waals surface area contributed by atoms with Gasteiger partial charge in [-0.05, 0) is 30.9 Å². The molecule has 1 aromatic heterocycles. The van der Waals surface area contributed by atoms with E-state index in [1.165, 1.54) is 11.1 Å². The standard InChI is InChI=1S/C19H23N3O3/c1-13-5-3-4-6-14(13)9-10-22-17(23)8-7-16(19(24)25)18(22)15-11-20-21(2)12-15/h3-6,11-12,16,18H,7-10H2,1-2H3,(H,24,25)/t16-,18+/m1/s1. The number of carbonyl (C=O) groups is 2. The average molecular weight is 341 g/mol. The first-order chi connectivity index (χ1) is 12.0. The van der Waals surface area contributed by atoms with Crippen LogP contribution >= 0.6 is 0 Å². The molecule has 2 heterocycles. The Kier molecular flexibility index (Phi) is 4.88. The summed E-state index contributed by atoms with van der Waals surface area (Å²) in [6.45, 7) is 2.55. The summed E-state index contributed by atoms with van der Waals surface area (Å²) in [7, 11) is 1.79. The molecule has 132 valence electrons. The molecule has 0 spiro atoms. The van der Waals surface area contributed by atoms with Crippen LogP contribution in [0.25, 0.3) is 0 Å². The number of aryl methyl sites for hydroxylation is 2. The number of aliphatic carboxylic acids is 1. The van der Waals surface area contributed by atoms with E-state index in [-0.39, 0.29) is 12.3 Å². The van der Waals surface area contributed by atoms with Gasteiger partial charge in [-0.3, -0.25) is 14.3 Å². The third-order valence-electron chi connectivity index (χ3n) is 4.97. The number of piperidine rings is 1. The third kappa shape index (κ3) is 3.57. The van der Waals surface area contributed by atoms with Crippen LogP contribution in [0.4, 0.5) is 0 Å². The SMILES string of the molecule is Cc1ccccc1CCN1C(=O)CC[C@@H](C(=O)O)[C@@H]1c1cnn(C)c1. The van der Waals surface area contributed by atoms with Crippen molar-refractivity contribution in [3.8, 4) is 0 Å². The van der Waals surface area contributed by atoms with Crippen LogP contribution in [-0.2, 0) is 23.1 Å². The fraction of sp³-hybridized carbons (Fsp3) is 0.421. The quantitative estimate of drug-likeness (QED) is 0.906. The average Bonchev–Trinajstić information content (AvgIpc) is 3.00. The summed E-state index contributed by atoms with van der Waals surface area (Å²) in [5.74, 6) is -1.44. The van der Waals surface area contributed by atoms with E-state index in [0.29, 0.717) is 19.4 Å². The molecule has 25 heavy (non-hydrogen) atoms. The van der Waals surface area contributed by atoms with E-state index in [0.717, 1.165) is 5.56 Å². The Balaban J connectivity index is 1.88. The van der Waals surface area contributed by atoms with E-state index < -0.39 is 17.9 Å². The first kappa shape index (κ1) is 17.2. The molecule has 3 rings (SSSR count). The number of carbonyl (C=O) groups excluding carboxylic acids is 1. The molecule has 0 unspecified atom stereocenters. The molecule has 1 fully saturated rings. The van der Waals surface area contributed by atoms with Gasteiger partial charge in [0.2, 0.25) is 5.91 Å². The van der Waals surface area contributed by atoms with E-state index in [1.54, 1.807) is 29.0 Å². The van der Waals surface area contributed by atoms with Crippen LogP contribution in [0.5, 0.6) is 0 Å². The minimum atomic E-state index is -0.859. The molecule has 1 aromatic carbocycles. The van der Waals surface area contributed by atoms with Crippen LogP contribution in [0.1, 0.15) is 35.6 Å². The van der Waals surface area contributed by atoms with Crippen LogP contribution < -0.4 is 0 Å². The molecule has 0 bridgehead atoms. The zero-order chi connectivity index (χ0) is 18.0. The number of rotatable bonds is 5. The number of likely N-dealkylation sites (tertiary alicyclic amines) is 1. The van der Waals surface area contributed by atoms with Crippen LogP contribution in [0.3, 0.4) is 0 Å². The van der Waals surface area contributed by atoms with Crippen molar-refractivity contribution in [2.45, 2.75) is 32.2 Å². The number of aromatic nitrogens is 2. The van der Waals surface area contributed by atoms with Crippen molar-refractivity contribution >= 4 is 11.9 Å². The van der Waals surface area contributed by atoms with Crippen LogP contribution in [0, 0.1) is 12.8 Å². The number of nitrogens with zero attached hydrogens (tertiary/aromatic N) is 3. The Labute approximate surface area is 147 Å². The Morgan fingerprint density at radius 3 is 2.76 bits per heavy atom. The van der Waals surface area contributed by atoms with Gasteiger partial charge in [0.25, 0.3) is 0 Å². The van der Waals surface area contributed by atoms with Gasteiger partial charge in [0.15, 0.2) is 0 Å². The molecule has 6 heteroatoms. The van der Waals surface area contributed by atoms with Gasteiger partial charge in [0.05, 0.1) is 18.2 Å². The largest absolute Gasteiger partial charge is 0.481 e. The fourth-order valence-electron chi connectivity index (χ4n) is 3.61. The highest BCUT2D eigenvalue weighted by Gasteiger charge is 2.41. The third-order valence-corrected chi connectivity index (χ3v) is 4.97. The molecule has 1 aliphatic rings. The maximum atomic E-state index is 12.6. The predicted octanol–water partition coefficient (Wildman–Crippen LogP) is 2.34. The van der Waals surface area contributed by atoms with E-state index in [2.05, 4.69) is 11.2 Å². The highest BCUT2D eigenvalue weighted by atomic mass is 16.4. The monoisotopic (exact) mass is 341 g/mol. The first-order valence-corrected chi connectivity index (χ1v) is 8.52. The molecule has 6 nitrogen and oxygen atoms in total. The van der Waals surface area contributed by atoms with Gasteiger partial charge in [-0.1, -0.05) is 24.3 Å². The van der Waals surface area contributed by atoms with Gasteiger partial charge in [0, 0.05) is 31.8 Å². The second kappa shape index (κ2) is 7.09. The summed E-state index contributed by atoms with van der Waals surface area (Å²) >= 11 is 0. The van der Waals surface area contributed by atoms with Crippen LogP contribution in [0.15, 0.2) is 36.7 Å². The molecule has 0 saturated carbocycles. The number of amides is 1. The van der Waals surface area contributed by atoms with Crippen LogP contribution in [0.2, 0.25) is 0 Å². The molecule has 0 aliphatic carbocycles. The van der Waals surface area contributed by atoms with E-state index >= 15 is 0 Å². The zero-order valence-corrected chi connectivity index (χ0v) is 14.6. The second-order valence-electron chi connectivity index (χ2n) is 6.64. The molecule has 2 aromatic rings. The van der Waals surface area contributed by atoms with Gasteiger partial charge in [0.1, 0.15) is 0 Å². The van der Waals surface area contributed by atoms with Crippen molar-refractivity contribution in [3.63, 3.8) is 0 Å². The van der Waals surface area contributed by atoms with Gasteiger partial charge < -0.3 is 10.0 Å². The number of benzene rings is 1. The van der Waals surface area contributed by atoms with Crippen LogP contribution in [-0.4, -0.2) is 38.2 Å². The number of hydrogen-bond acceptors (Lipinski definition) is 3. The number of hydrogen-bond donors (Lipinski definition) is 1. The van der Waals surface area contributed by atoms with Gasteiger partial charge in [-0.2, -0.15) is 5.10 Å². The van der Waals surface area contributed by atoms with Crippen molar-refractivity contribution in [1.82, 2.24) is 14.7 Å². The Morgan fingerprint density at radius 2 is 2.12 bits per heavy atom. The van der Waals surface area contributed by atoms with Gasteiger partial charge >= 0.3 is 5.97 Å². The predicted molar refractivity (Wildman–Crippen MR) is 92.9 cm³/mol. The summed E-state index contributed by atoms with van der Waals surface area (Å²) in [6.07, 6.45) is 4.83. The lowest BCUT2D eigenvalue weighted by Gasteiger charge is -2.39. The maximum absolute atomic E-state index is 12.6. The Bertz CT molecular complexity index is 784. The summed E-state index contributed by atoms with van der Waals surface area (Å²) in [5, 5.41) is 13.8. The summed E-state index contributed by atoms with van der Waals surface area (Å²) in [5.41, 5.74) is 3.14. The lowest BCUT2D eigenvalue weighted by Crippen LogP contribution is -2.46. The normalized spacial score (nSPS) is 20.7. The van der Waals surface area contributed by atoms with E-state index in [1.807, 2.05) is 25.1 Å². The topological polar surface area (TPSA) is 75.4 Å². The highest BCUT2D eigenvalue weighted by molar-refractivity contribution is 5.81. The fourth-order valence-corrected chi connectivity index (χ4v) is 3.61. The van der Waals surface area contributed by atoms with Crippen molar-refractivity contribution in [2.75, 3.05) is 6.54 Å². The smallest absolute Gasteiger partial charge is 0.308 e. The Hall–Kier alpha value is -2.63. The molecule has 1 aliphatic heterocycles. The maximum Gasteiger partial charge on any atom is 0.308 e. The van der Waals surface area contributed by atoms with Crippen molar-refractivity contribution in [2.24, 2.45) is 13.0 Å². The van der Waals surface area contributed by atoms with Crippen molar-refractivity contribution in [3.05, 3.63) is 53.3 Å².